The van der Waals surface area contributed by atoms with Gasteiger partial charge in [0.2, 0.25) is 5.06 Å². The van der Waals surface area contributed by atoms with Gasteiger partial charge in [0.1, 0.15) is 5.75 Å². The standard InChI is InChI=1S/C9H8N2OS.C4H9N/c10-9-11-6-8(13-9)12-7-4-2-1-3-5-7;1-2-4-5-3-1/h1-6H,(H2,10,11);5H,1-4H2. The van der Waals surface area contributed by atoms with E-state index in [1.54, 1.807) is 6.20 Å². The molecule has 0 amide bonds. The molecule has 1 aromatic carbocycles. The van der Waals surface area contributed by atoms with Crippen LogP contribution in [0.3, 0.4) is 0 Å². The Bertz CT molecular complexity index is 447. The average Bonchev–Trinajstić information content (AvgIpc) is 3.05. The van der Waals surface area contributed by atoms with Crippen LogP contribution in [0.1, 0.15) is 12.8 Å². The van der Waals surface area contributed by atoms with Crippen LogP contribution in [0.4, 0.5) is 5.13 Å². The maximum atomic E-state index is 5.48. The van der Waals surface area contributed by atoms with Gasteiger partial charge in [-0.25, -0.2) is 4.98 Å². The molecule has 0 saturated carbocycles. The zero-order valence-electron chi connectivity index (χ0n) is 10.1. The molecular formula is C13H17N3OS. The van der Waals surface area contributed by atoms with Crippen molar-refractivity contribution < 1.29 is 4.74 Å². The van der Waals surface area contributed by atoms with Crippen molar-refractivity contribution in [3.63, 3.8) is 0 Å². The minimum Gasteiger partial charge on any atom is -0.445 e. The van der Waals surface area contributed by atoms with Gasteiger partial charge in [-0.3, -0.25) is 0 Å². The summed E-state index contributed by atoms with van der Waals surface area (Å²) < 4.78 is 5.48. The molecule has 18 heavy (non-hydrogen) atoms. The number of nitrogens with zero attached hydrogens (tertiary/aromatic N) is 1. The minimum atomic E-state index is 0.519. The number of hydrogen-bond acceptors (Lipinski definition) is 5. The Morgan fingerprint density at radius 1 is 1.17 bits per heavy atom. The normalized spacial score (nSPS) is 13.8. The molecule has 4 nitrogen and oxygen atoms in total. The van der Waals surface area contributed by atoms with Crippen molar-refractivity contribution in [2.24, 2.45) is 0 Å². The molecule has 2 heterocycles. The molecule has 5 heteroatoms. The van der Waals surface area contributed by atoms with E-state index < -0.39 is 0 Å². The van der Waals surface area contributed by atoms with Crippen LogP contribution in [0, 0.1) is 0 Å². The number of thiazole rings is 1. The van der Waals surface area contributed by atoms with Crippen molar-refractivity contribution in [1.29, 1.82) is 0 Å². The van der Waals surface area contributed by atoms with Gasteiger partial charge in [0.15, 0.2) is 5.13 Å². The smallest absolute Gasteiger partial charge is 0.202 e. The van der Waals surface area contributed by atoms with E-state index >= 15 is 0 Å². The molecule has 96 valence electrons. The van der Waals surface area contributed by atoms with Gasteiger partial charge in [-0.1, -0.05) is 29.5 Å². The van der Waals surface area contributed by atoms with E-state index in [-0.39, 0.29) is 0 Å². The number of nitrogen functional groups attached to an aromatic ring is 1. The van der Waals surface area contributed by atoms with Crippen molar-refractivity contribution >= 4 is 16.5 Å². The second-order valence-corrected chi connectivity index (χ2v) is 4.91. The van der Waals surface area contributed by atoms with Gasteiger partial charge in [-0.05, 0) is 38.1 Å². The third-order valence-electron chi connectivity index (χ3n) is 2.42. The Morgan fingerprint density at radius 2 is 1.89 bits per heavy atom. The third-order valence-corrected chi connectivity index (χ3v) is 3.13. The fourth-order valence-corrected chi connectivity index (χ4v) is 2.10. The predicted octanol–water partition coefficient (Wildman–Crippen LogP) is 2.89. The molecule has 0 aliphatic carbocycles. The number of aromatic nitrogens is 1. The second-order valence-electron chi connectivity index (χ2n) is 3.89. The van der Waals surface area contributed by atoms with Gasteiger partial charge in [-0.2, -0.15) is 0 Å². The van der Waals surface area contributed by atoms with Crippen LogP contribution >= 0.6 is 11.3 Å². The van der Waals surface area contributed by atoms with Crippen molar-refractivity contribution in [3.8, 4) is 10.8 Å². The molecule has 3 rings (SSSR count). The summed E-state index contributed by atoms with van der Waals surface area (Å²) in [6.07, 6.45) is 4.40. The van der Waals surface area contributed by atoms with Crippen molar-refractivity contribution in [3.05, 3.63) is 36.5 Å². The van der Waals surface area contributed by atoms with Crippen LogP contribution in [0.25, 0.3) is 0 Å². The summed E-state index contributed by atoms with van der Waals surface area (Å²) in [4.78, 5) is 3.88. The van der Waals surface area contributed by atoms with Crippen LogP contribution in [-0.2, 0) is 0 Å². The lowest BCUT2D eigenvalue weighted by molar-refractivity contribution is 0.495. The van der Waals surface area contributed by atoms with Gasteiger partial charge in [-0.15, -0.1) is 0 Å². The molecule has 3 N–H and O–H groups in total. The first-order valence-corrected chi connectivity index (χ1v) is 6.81. The number of rotatable bonds is 2. The van der Waals surface area contributed by atoms with Crippen molar-refractivity contribution in [2.45, 2.75) is 12.8 Å². The van der Waals surface area contributed by atoms with Gasteiger partial charge < -0.3 is 15.8 Å². The quantitative estimate of drug-likeness (QED) is 0.874. The minimum absolute atomic E-state index is 0.519. The lowest BCUT2D eigenvalue weighted by Gasteiger charge is -1.99. The molecule has 0 radical (unpaired) electrons. The summed E-state index contributed by atoms with van der Waals surface area (Å²) in [6.45, 7) is 2.50. The number of para-hydroxylation sites is 1. The summed E-state index contributed by atoms with van der Waals surface area (Å²) in [5, 5.41) is 4.45. The maximum absolute atomic E-state index is 5.48. The van der Waals surface area contributed by atoms with E-state index in [0.717, 1.165) is 5.75 Å². The summed E-state index contributed by atoms with van der Waals surface area (Å²) >= 11 is 1.33. The SMILES string of the molecule is C1CCNC1.Nc1ncc(Oc2ccccc2)s1. The molecule has 1 aliphatic heterocycles. The Kier molecular flexibility index (Phi) is 4.99. The fourth-order valence-electron chi connectivity index (χ4n) is 1.55. The van der Waals surface area contributed by atoms with Crippen LogP contribution in [-0.4, -0.2) is 18.1 Å². The van der Waals surface area contributed by atoms with Crippen molar-refractivity contribution in [2.75, 3.05) is 18.8 Å². The van der Waals surface area contributed by atoms with E-state index in [1.165, 1.54) is 37.3 Å². The highest BCUT2D eigenvalue weighted by atomic mass is 32.1. The van der Waals surface area contributed by atoms with Gasteiger partial charge in [0.05, 0.1) is 6.20 Å². The lowest BCUT2D eigenvalue weighted by Crippen LogP contribution is -2.03. The number of nitrogens with one attached hydrogen (secondary N) is 1. The molecule has 1 aromatic heterocycles. The zero-order valence-corrected chi connectivity index (χ0v) is 11.0. The van der Waals surface area contributed by atoms with E-state index in [9.17, 15) is 0 Å². The first-order valence-electron chi connectivity index (χ1n) is 5.99. The van der Waals surface area contributed by atoms with Gasteiger partial charge in [0, 0.05) is 0 Å². The predicted molar refractivity (Wildman–Crippen MR) is 75.1 cm³/mol. The molecule has 1 aliphatic rings. The fraction of sp³-hybridized carbons (Fsp3) is 0.308. The van der Waals surface area contributed by atoms with Crippen LogP contribution in [0.5, 0.6) is 10.8 Å². The largest absolute Gasteiger partial charge is 0.445 e. The first-order chi connectivity index (χ1) is 8.84. The lowest BCUT2D eigenvalue weighted by atomic mass is 10.3. The molecule has 0 bridgehead atoms. The molecule has 1 fully saturated rings. The Balaban J connectivity index is 0.000000202. The molecule has 0 unspecified atom stereocenters. The van der Waals surface area contributed by atoms with E-state index in [0.29, 0.717) is 10.2 Å². The number of hydrogen-bond donors (Lipinski definition) is 2. The number of ether oxygens (including phenoxy) is 1. The zero-order chi connectivity index (χ0) is 12.6. The van der Waals surface area contributed by atoms with Crippen LogP contribution < -0.4 is 15.8 Å². The molecule has 0 atom stereocenters. The first kappa shape index (κ1) is 12.9. The highest BCUT2D eigenvalue weighted by molar-refractivity contribution is 7.17. The van der Waals surface area contributed by atoms with Gasteiger partial charge in [0.25, 0.3) is 0 Å². The number of nitrogens with two attached hydrogens (primary N) is 1. The van der Waals surface area contributed by atoms with Crippen LogP contribution in [0.2, 0.25) is 0 Å². The molecular weight excluding hydrogens is 246 g/mol. The monoisotopic (exact) mass is 263 g/mol. The Hall–Kier alpha value is -1.59. The second kappa shape index (κ2) is 6.98. The van der Waals surface area contributed by atoms with Crippen LogP contribution in [0.15, 0.2) is 36.5 Å². The summed E-state index contributed by atoms with van der Waals surface area (Å²) in [5.41, 5.74) is 5.46. The van der Waals surface area contributed by atoms with E-state index in [2.05, 4.69) is 10.3 Å². The Labute approximate surface area is 111 Å². The number of anilines is 1. The number of benzene rings is 1. The van der Waals surface area contributed by atoms with Gasteiger partial charge >= 0.3 is 0 Å². The topological polar surface area (TPSA) is 60.2 Å². The summed E-state index contributed by atoms with van der Waals surface area (Å²) in [6, 6.07) is 9.54. The Morgan fingerprint density at radius 3 is 2.39 bits per heavy atom. The highest BCUT2D eigenvalue weighted by Crippen LogP contribution is 2.27. The molecule has 2 aromatic rings. The maximum Gasteiger partial charge on any atom is 0.202 e. The van der Waals surface area contributed by atoms with Crippen molar-refractivity contribution in [1.82, 2.24) is 10.3 Å². The van der Waals surface area contributed by atoms with E-state index in [4.69, 9.17) is 10.5 Å². The molecule has 1 saturated heterocycles. The molecule has 0 spiro atoms. The summed E-state index contributed by atoms with van der Waals surface area (Å²) in [7, 11) is 0. The highest BCUT2D eigenvalue weighted by Gasteiger charge is 1.99. The summed E-state index contributed by atoms with van der Waals surface area (Å²) in [5.74, 6) is 0.797. The average molecular weight is 263 g/mol. The third kappa shape index (κ3) is 4.35. The van der Waals surface area contributed by atoms with E-state index in [1.807, 2.05) is 30.3 Å².